The van der Waals surface area contributed by atoms with Crippen LogP contribution < -0.4 is 0 Å². The molecular formula is C14H14BrNOS. The third-order valence-electron chi connectivity index (χ3n) is 2.69. The molecule has 4 heteroatoms. The maximum atomic E-state index is 12.2. The van der Waals surface area contributed by atoms with Crippen molar-refractivity contribution in [1.82, 2.24) is 4.90 Å². The quantitative estimate of drug-likeness (QED) is 0.837. The van der Waals surface area contributed by atoms with Crippen molar-refractivity contribution < 1.29 is 4.79 Å². The fourth-order valence-electron chi connectivity index (χ4n) is 1.68. The maximum Gasteiger partial charge on any atom is 0.253 e. The summed E-state index contributed by atoms with van der Waals surface area (Å²) in [5.41, 5.74) is 0.720. The molecule has 0 saturated heterocycles. The summed E-state index contributed by atoms with van der Waals surface area (Å²) >= 11 is 5.11. The molecule has 1 aromatic carbocycles. The Morgan fingerprint density at radius 3 is 2.83 bits per heavy atom. The standard InChI is InChI=1S/C14H14BrNOS/c1-16(8-7-13-6-3-9-18-13)14(17)11-4-2-5-12(15)10-11/h2-6,9-10H,7-8H2,1H3. The molecule has 0 bridgehead atoms. The van der Waals surface area contributed by atoms with Crippen LogP contribution in [0.3, 0.4) is 0 Å². The monoisotopic (exact) mass is 323 g/mol. The van der Waals surface area contributed by atoms with Gasteiger partial charge in [-0.3, -0.25) is 4.79 Å². The fourth-order valence-corrected chi connectivity index (χ4v) is 2.77. The van der Waals surface area contributed by atoms with Crippen LogP contribution in [0.25, 0.3) is 0 Å². The summed E-state index contributed by atoms with van der Waals surface area (Å²) in [6.45, 7) is 0.742. The van der Waals surface area contributed by atoms with Gasteiger partial charge in [0, 0.05) is 28.5 Å². The lowest BCUT2D eigenvalue weighted by atomic mass is 10.2. The molecule has 0 atom stereocenters. The predicted molar refractivity (Wildman–Crippen MR) is 79.1 cm³/mol. The summed E-state index contributed by atoms with van der Waals surface area (Å²) in [7, 11) is 1.84. The molecule has 0 aliphatic carbocycles. The lowest BCUT2D eigenvalue weighted by Gasteiger charge is -2.16. The number of hydrogen-bond acceptors (Lipinski definition) is 2. The van der Waals surface area contributed by atoms with E-state index in [1.54, 1.807) is 16.2 Å². The van der Waals surface area contributed by atoms with Gasteiger partial charge < -0.3 is 4.90 Å². The second kappa shape index (κ2) is 6.16. The van der Waals surface area contributed by atoms with Gasteiger partial charge in [-0.05, 0) is 36.1 Å². The Kier molecular flexibility index (Phi) is 4.55. The average Bonchev–Trinajstić information content (AvgIpc) is 2.88. The first-order valence-corrected chi connectivity index (χ1v) is 7.37. The lowest BCUT2D eigenvalue weighted by molar-refractivity contribution is 0.0797. The van der Waals surface area contributed by atoms with E-state index < -0.39 is 0 Å². The first-order valence-electron chi connectivity index (χ1n) is 5.70. The first kappa shape index (κ1) is 13.3. The van der Waals surface area contributed by atoms with Crippen LogP contribution >= 0.6 is 27.3 Å². The number of halogens is 1. The molecule has 2 rings (SSSR count). The highest BCUT2D eigenvalue weighted by Gasteiger charge is 2.11. The molecule has 0 saturated carbocycles. The molecule has 1 aromatic heterocycles. The van der Waals surface area contributed by atoms with Crippen LogP contribution in [0.5, 0.6) is 0 Å². The van der Waals surface area contributed by atoms with E-state index in [0.29, 0.717) is 0 Å². The minimum Gasteiger partial charge on any atom is -0.341 e. The number of nitrogens with zero attached hydrogens (tertiary/aromatic N) is 1. The van der Waals surface area contributed by atoms with E-state index in [4.69, 9.17) is 0 Å². The Bertz CT molecular complexity index is 524. The number of amides is 1. The van der Waals surface area contributed by atoms with Gasteiger partial charge in [-0.2, -0.15) is 0 Å². The van der Waals surface area contributed by atoms with Crippen LogP contribution in [-0.2, 0) is 6.42 Å². The Labute approximate surface area is 119 Å². The second-order valence-corrected chi connectivity index (χ2v) is 6.01. The second-order valence-electron chi connectivity index (χ2n) is 4.07. The van der Waals surface area contributed by atoms with Crippen molar-refractivity contribution in [3.63, 3.8) is 0 Å². The average molecular weight is 324 g/mol. The van der Waals surface area contributed by atoms with E-state index in [2.05, 4.69) is 27.4 Å². The Balaban J connectivity index is 1.96. The molecule has 1 amide bonds. The molecule has 0 aliphatic rings. The molecule has 18 heavy (non-hydrogen) atoms. The SMILES string of the molecule is CN(CCc1cccs1)C(=O)c1cccc(Br)c1. The molecule has 0 aliphatic heterocycles. The third kappa shape index (κ3) is 3.43. The van der Waals surface area contributed by atoms with E-state index in [9.17, 15) is 4.79 Å². The molecule has 0 unspecified atom stereocenters. The van der Waals surface area contributed by atoms with Gasteiger partial charge in [0.2, 0.25) is 0 Å². The molecule has 1 heterocycles. The van der Waals surface area contributed by atoms with Crippen molar-refractivity contribution in [2.24, 2.45) is 0 Å². The summed E-state index contributed by atoms with van der Waals surface area (Å²) in [5.74, 6) is 0.0628. The summed E-state index contributed by atoms with van der Waals surface area (Å²) in [5, 5.41) is 2.06. The smallest absolute Gasteiger partial charge is 0.253 e. The van der Waals surface area contributed by atoms with Gasteiger partial charge in [-0.25, -0.2) is 0 Å². The Morgan fingerprint density at radius 2 is 2.17 bits per heavy atom. The van der Waals surface area contributed by atoms with Gasteiger partial charge in [0.15, 0.2) is 0 Å². The van der Waals surface area contributed by atoms with Crippen LogP contribution in [0.1, 0.15) is 15.2 Å². The molecule has 0 spiro atoms. The topological polar surface area (TPSA) is 20.3 Å². The number of carbonyl (C=O) groups is 1. The highest BCUT2D eigenvalue weighted by atomic mass is 79.9. The van der Waals surface area contributed by atoms with Crippen LogP contribution in [-0.4, -0.2) is 24.4 Å². The van der Waals surface area contributed by atoms with Gasteiger partial charge in [0.25, 0.3) is 5.91 Å². The largest absolute Gasteiger partial charge is 0.341 e. The van der Waals surface area contributed by atoms with Crippen molar-refractivity contribution in [2.75, 3.05) is 13.6 Å². The van der Waals surface area contributed by atoms with Crippen molar-refractivity contribution in [3.05, 3.63) is 56.7 Å². The van der Waals surface area contributed by atoms with Crippen LogP contribution in [0.15, 0.2) is 46.3 Å². The van der Waals surface area contributed by atoms with Gasteiger partial charge >= 0.3 is 0 Å². The van der Waals surface area contributed by atoms with E-state index >= 15 is 0 Å². The minimum atomic E-state index is 0.0628. The zero-order valence-electron chi connectivity index (χ0n) is 10.1. The molecule has 0 radical (unpaired) electrons. The third-order valence-corrected chi connectivity index (χ3v) is 4.12. The van der Waals surface area contributed by atoms with E-state index in [-0.39, 0.29) is 5.91 Å². The van der Waals surface area contributed by atoms with Gasteiger partial charge in [-0.1, -0.05) is 28.1 Å². The van der Waals surface area contributed by atoms with E-state index in [1.807, 2.05) is 37.4 Å². The summed E-state index contributed by atoms with van der Waals surface area (Å²) in [6.07, 6.45) is 0.911. The van der Waals surface area contributed by atoms with Crippen molar-refractivity contribution in [3.8, 4) is 0 Å². The number of hydrogen-bond donors (Lipinski definition) is 0. The molecule has 0 N–H and O–H groups in total. The molecule has 2 aromatic rings. The number of carbonyl (C=O) groups excluding carboxylic acids is 1. The number of thiophene rings is 1. The lowest BCUT2D eigenvalue weighted by Crippen LogP contribution is -2.28. The van der Waals surface area contributed by atoms with Gasteiger partial charge in [-0.15, -0.1) is 11.3 Å². The number of likely N-dealkylation sites (N-methyl/N-ethyl adjacent to an activating group) is 1. The maximum absolute atomic E-state index is 12.2. The number of rotatable bonds is 4. The van der Waals surface area contributed by atoms with Crippen molar-refractivity contribution >= 4 is 33.2 Å². The van der Waals surface area contributed by atoms with Gasteiger partial charge in [0.05, 0.1) is 0 Å². The summed E-state index contributed by atoms with van der Waals surface area (Å²) in [4.78, 5) is 15.2. The highest BCUT2D eigenvalue weighted by molar-refractivity contribution is 9.10. The Hall–Kier alpha value is -1.13. The zero-order valence-corrected chi connectivity index (χ0v) is 12.5. The van der Waals surface area contributed by atoms with Crippen LogP contribution in [0.4, 0.5) is 0 Å². The minimum absolute atomic E-state index is 0.0628. The van der Waals surface area contributed by atoms with Gasteiger partial charge in [0.1, 0.15) is 0 Å². The molecule has 94 valence electrons. The molecule has 0 fully saturated rings. The number of benzene rings is 1. The fraction of sp³-hybridized carbons (Fsp3) is 0.214. The van der Waals surface area contributed by atoms with Crippen molar-refractivity contribution in [2.45, 2.75) is 6.42 Å². The highest BCUT2D eigenvalue weighted by Crippen LogP contribution is 2.14. The summed E-state index contributed by atoms with van der Waals surface area (Å²) in [6, 6.07) is 11.6. The van der Waals surface area contributed by atoms with E-state index in [1.165, 1.54) is 4.88 Å². The zero-order chi connectivity index (χ0) is 13.0. The summed E-state index contributed by atoms with van der Waals surface area (Å²) < 4.78 is 0.931. The first-order chi connectivity index (χ1) is 8.66. The van der Waals surface area contributed by atoms with Crippen molar-refractivity contribution in [1.29, 1.82) is 0 Å². The van der Waals surface area contributed by atoms with Crippen LogP contribution in [0, 0.1) is 0 Å². The molecular weight excluding hydrogens is 310 g/mol. The Morgan fingerprint density at radius 1 is 1.33 bits per heavy atom. The predicted octanol–water partition coefficient (Wildman–Crippen LogP) is 3.83. The van der Waals surface area contributed by atoms with Crippen LogP contribution in [0.2, 0.25) is 0 Å². The normalized spacial score (nSPS) is 10.3. The van der Waals surface area contributed by atoms with E-state index in [0.717, 1.165) is 23.0 Å². The molecule has 2 nitrogen and oxygen atoms in total.